The number of ether oxygens (including phenoxy) is 8. The molecule has 0 aliphatic rings. The average Bonchev–Trinajstić information content (AvgIpc) is 1.52. The van der Waals surface area contributed by atoms with Gasteiger partial charge >= 0.3 is 0 Å². The van der Waals surface area contributed by atoms with Crippen molar-refractivity contribution < 1.29 is 42.7 Å². The van der Waals surface area contributed by atoms with Gasteiger partial charge in [-0.15, -0.1) is 0 Å². The summed E-state index contributed by atoms with van der Waals surface area (Å²) >= 11 is 64.5. The fourth-order valence-electron chi connectivity index (χ4n) is 7.11. The van der Waals surface area contributed by atoms with E-state index in [0.717, 1.165) is 109 Å². The van der Waals surface area contributed by atoms with Crippen LogP contribution in [0.3, 0.4) is 0 Å². The van der Waals surface area contributed by atoms with Gasteiger partial charge in [0.1, 0.15) is 97.5 Å². The molecule has 0 radical (unpaired) electrons. The van der Waals surface area contributed by atoms with Crippen molar-refractivity contribution in [2.24, 2.45) is 5.16 Å². The van der Waals surface area contributed by atoms with Crippen LogP contribution >= 0.6 is 168 Å². The molecule has 0 atom stereocenters. The number of oxime groups is 1. The van der Waals surface area contributed by atoms with Crippen LogP contribution in [0.1, 0.15) is 149 Å². The second kappa shape index (κ2) is 54.6. The molecule has 0 aromatic heterocycles. The number of aryl methyl sites for hydroxylation is 3. The van der Waals surface area contributed by atoms with Crippen molar-refractivity contribution in [3.63, 3.8) is 0 Å². The molecule has 0 saturated heterocycles. The van der Waals surface area contributed by atoms with Gasteiger partial charge in [-0.2, -0.15) is 0 Å². The number of hydrogen-bond donors (Lipinski definition) is 0. The molecule has 88 heavy (non-hydrogen) atoms. The van der Waals surface area contributed by atoms with Crippen LogP contribution in [-0.4, -0.2) is 65.7 Å². The van der Waals surface area contributed by atoms with Gasteiger partial charge in [0.25, 0.3) is 0 Å². The molecule has 0 N–H and O–H groups in total. The lowest BCUT2D eigenvalue weighted by molar-refractivity contribution is 0.213. The van der Waals surface area contributed by atoms with Gasteiger partial charge in [-0.3, -0.25) is 0 Å². The minimum atomic E-state index is 0.184. The molecule has 0 amide bonds. The Bertz CT molecular complexity index is 2560. The molecule has 0 fully saturated rings. The summed E-state index contributed by atoms with van der Waals surface area (Å²) in [7, 11) is 1.53. The van der Waals surface area contributed by atoms with Gasteiger partial charge in [-0.25, -0.2) is 0 Å². The number of rotatable bonds is 35. The molecule has 4 aromatic carbocycles. The molecule has 0 aliphatic carbocycles. The predicted octanol–water partition coefficient (Wildman–Crippen LogP) is 26.1. The lowest BCUT2D eigenvalue weighted by Gasteiger charge is -2.15. The van der Waals surface area contributed by atoms with Crippen LogP contribution < -0.4 is 37.9 Å². The molecule has 4 aromatic rings. The fraction of sp³-hybridized carbons (Fsp3) is 0.492. The first-order valence-electron chi connectivity index (χ1n) is 29.0. The van der Waals surface area contributed by atoms with Crippen LogP contribution in [0.25, 0.3) is 0 Å². The Morgan fingerprint density at radius 2 is 0.693 bits per heavy atom. The zero-order chi connectivity index (χ0) is 66.2. The molecule has 0 aliphatic heterocycles. The Balaban J connectivity index is 0.00000111. The Morgan fingerprint density at radius 1 is 0.398 bits per heavy atom. The third kappa shape index (κ3) is 43.2. The Morgan fingerprint density at radius 3 is 0.989 bits per heavy atom. The van der Waals surface area contributed by atoms with E-state index in [1.54, 1.807) is 30.4 Å². The highest BCUT2D eigenvalue weighted by atomic mass is 79.9. The summed E-state index contributed by atoms with van der Waals surface area (Å²) in [6, 6.07) is 15.1. The summed E-state index contributed by atoms with van der Waals surface area (Å²) in [5, 5.41) is 4.09. The van der Waals surface area contributed by atoms with E-state index in [0.29, 0.717) is 68.5 Å². The van der Waals surface area contributed by atoms with Crippen LogP contribution in [-0.2, 0) is 11.3 Å². The maximum absolute atomic E-state index is 6.22. The molecule has 0 bridgehead atoms. The van der Waals surface area contributed by atoms with Crippen LogP contribution in [0.2, 0.25) is 5.02 Å². The second-order valence-electron chi connectivity index (χ2n) is 19.1. The van der Waals surface area contributed by atoms with E-state index in [-0.39, 0.29) is 18.0 Å². The minimum absolute atomic E-state index is 0.184. The maximum atomic E-state index is 6.22. The standard InChI is InChI=1S/C17H24Cl2O2.C15H18Br2Cl2O2.C15H19Cl3O2.C14H16Br2Cl2O2.C4H9NO/c1-4-6-7-9-21-17-13(3)11-15(12-14(17)5-2)20-10-8-16(18)19;1-2-3-4-5-7-21-15-12(16)9-11(10-13(15)17)20-8-6-14(18)19;1-3-4-5-7-20-15-11(2)9-12(10-13(15)16)19-8-6-14(17)18;1-2-3-4-6-20-14-11(15)8-10(9-12(14)16)19-7-5-13(17)18;1-4(2)5-6-3/h8,11-12H,4-7,9-10H2,1-3H3;6,9-10H,2-5,7-8H2,1H3;6,9-10H,3-5,7-8H2,1-2H3;5,8-9H,2-4,6-7H2,1H3;1-3H3. The number of hydrogen-bond acceptors (Lipinski definition) is 10. The predicted molar refractivity (Wildman–Crippen MR) is 392 cm³/mol. The maximum Gasteiger partial charge on any atom is 0.147 e. The third-order valence-electron chi connectivity index (χ3n) is 11.3. The van der Waals surface area contributed by atoms with Crippen LogP contribution in [0.15, 0.2) is 114 Å². The highest BCUT2D eigenvalue weighted by molar-refractivity contribution is 9.11. The summed E-state index contributed by atoms with van der Waals surface area (Å²) in [4.78, 5) is 4.39. The van der Waals surface area contributed by atoms with Gasteiger partial charge in [-0.05, 0) is 207 Å². The van der Waals surface area contributed by atoms with Crippen molar-refractivity contribution in [3.05, 3.63) is 130 Å². The van der Waals surface area contributed by atoms with Crippen molar-refractivity contribution in [1.29, 1.82) is 0 Å². The molecule has 0 spiro atoms. The lowest BCUT2D eigenvalue weighted by Crippen LogP contribution is -2.03. The van der Waals surface area contributed by atoms with E-state index >= 15 is 0 Å². The molecule has 4 rings (SSSR count). The number of nitrogens with zero attached hydrogens (tertiary/aromatic N) is 1. The summed E-state index contributed by atoms with van der Waals surface area (Å²) in [6.45, 7) is 22.7. The van der Waals surface area contributed by atoms with Gasteiger partial charge in [0.05, 0.1) is 55.1 Å². The first kappa shape index (κ1) is 86.2. The minimum Gasteiger partial charge on any atom is -0.493 e. The number of benzene rings is 4. The van der Waals surface area contributed by atoms with E-state index in [1.807, 2.05) is 70.2 Å². The van der Waals surface area contributed by atoms with E-state index in [9.17, 15) is 0 Å². The summed E-state index contributed by atoms with van der Waals surface area (Å²) < 4.78 is 49.6. The molecule has 0 unspecified atom stereocenters. The Kier molecular flexibility index (Phi) is 53.5. The zero-order valence-corrected chi connectivity index (χ0v) is 65.2. The molecule has 23 heteroatoms. The number of unbranched alkanes of at least 4 members (excludes halogenated alkanes) is 9. The van der Waals surface area contributed by atoms with Gasteiger partial charge in [-0.1, -0.05) is 202 Å². The van der Waals surface area contributed by atoms with Gasteiger partial charge in [0.15, 0.2) is 0 Å². The van der Waals surface area contributed by atoms with Crippen molar-refractivity contribution in [3.8, 4) is 46.0 Å². The first-order valence-corrected chi connectivity index (χ1v) is 35.6. The Hall–Kier alpha value is -1.76. The number of halogens is 13. The van der Waals surface area contributed by atoms with Crippen molar-refractivity contribution in [2.75, 3.05) is 60.0 Å². The van der Waals surface area contributed by atoms with Gasteiger partial charge < -0.3 is 42.7 Å². The first-order chi connectivity index (χ1) is 42.0. The normalized spacial score (nSPS) is 10.1. The molecule has 0 saturated carbocycles. The van der Waals surface area contributed by atoms with E-state index in [1.165, 1.54) is 64.0 Å². The largest absolute Gasteiger partial charge is 0.493 e. The van der Waals surface area contributed by atoms with Gasteiger partial charge in [0, 0.05) is 6.07 Å². The second-order valence-corrected chi connectivity index (χ2v) is 26.9. The highest BCUT2D eigenvalue weighted by Crippen LogP contribution is 2.39. The van der Waals surface area contributed by atoms with E-state index in [2.05, 4.69) is 108 Å². The summed E-state index contributed by atoms with van der Waals surface area (Å²) in [6.07, 6.45) is 22.2. The van der Waals surface area contributed by atoms with Crippen molar-refractivity contribution >= 4 is 174 Å². The topological polar surface area (TPSA) is 95.4 Å². The fourth-order valence-corrected chi connectivity index (χ4v) is 10.7. The Labute approximate surface area is 604 Å². The highest BCUT2D eigenvalue weighted by Gasteiger charge is 2.14. The lowest BCUT2D eigenvalue weighted by atomic mass is 10.1. The van der Waals surface area contributed by atoms with Crippen molar-refractivity contribution in [2.45, 2.75) is 152 Å². The monoisotopic (exact) mass is 1660 g/mol. The molecular formula is C65H86Br4Cl9NO9. The molecule has 10 nitrogen and oxygen atoms in total. The third-order valence-corrected chi connectivity index (χ3v) is 15.2. The summed E-state index contributed by atoms with van der Waals surface area (Å²) in [5.74, 6) is 6.20. The van der Waals surface area contributed by atoms with Crippen LogP contribution in [0.4, 0.5) is 0 Å². The van der Waals surface area contributed by atoms with Crippen LogP contribution in [0, 0.1) is 13.8 Å². The summed E-state index contributed by atoms with van der Waals surface area (Å²) in [5.41, 5.74) is 4.16. The molecule has 0 heterocycles. The molecule has 496 valence electrons. The van der Waals surface area contributed by atoms with E-state index < -0.39 is 0 Å². The quantitative estimate of drug-likeness (QED) is 0.0253. The van der Waals surface area contributed by atoms with E-state index in [4.69, 9.17) is 142 Å². The average molecular weight is 1660 g/mol. The van der Waals surface area contributed by atoms with Gasteiger partial charge in [0.2, 0.25) is 0 Å². The zero-order valence-electron chi connectivity index (χ0n) is 52.0. The SMILES string of the molecule is CCCCCCOc1c(Br)cc(OCC=C(Cl)Cl)cc1Br.CCCCCOc1c(Br)cc(OCC=C(Cl)Cl)cc1Br.CCCCCOc1c(C)cc(OCC=C(Cl)Cl)cc1CC.CCCCCOc1c(C)cc(OCC=C(Cl)Cl)cc1Cl.CON=C(C)C. The molecular weight excluding hydrogens is 1580 g/mol. The smallest absolute Gasteiger partial charge is 0.147 e. The van der Waals surface area contributed by atoms with Crippen LogP contribution in [0.5, 0.6) is 46.0 Å². The van der Waals surface area contributed by atoms with Crippen molar-refractivity contribution in [1.82, 2.24) is 0 Å².